The molecule has 0 N–H and O–H groups in total. The van der Waals surface area contributed by atoms with E-state index >= 15 is 0 Å². The standard InChI is InChI=1S/C18H22OP/c1-3-9-15-11-5-7-13-17(15)20(19)18-14-8-6-12-16(18)10-4-2/h5-8,11-14H,3-4,9-10H2,1-2H3/q+1. The lowest BCUT2D eigenvalue weighted by molar-refractivity contribution is 0.597. The second-order valence-electron chi connectivity index (χ2n) is 5.05. The Kier molecular flexibility index (Phi) is 5.49. The van der Waals surface area contributed by atoms with Crippen LogP contribution in [-0.2, 0) is 17.4 Å². The first-order valence-electron chi connectivity index (χ1n) is 7.41. The molecule has 0 amide bonds. The van der Waals surface area contributed by atoms with Crippen molar-refractivity contribution in [1.29, 1.82) is 0 Å². The van der Waals surface area contributed by atoms with Crippen molar-refractivity contribution in [2.24, 2.45) is 0 Å². The second kappa shape index (κ2) is 7.36. The zero-order valence-electron chi connectivity index (χ0n) is 12.3. The monoisotopic (exact) mass is 285 g/mol. The summed E-state index contributed by atoms with van der Waals surface area (Å²) >= 11 is 0. The molecule has 0 bridgehead atoms. The van der Waals surface area contributed by atoms with Gasteiger partial charge in [0.1, 0.15) is 0 Å². The third-order valence-corrected chi connectivity index (χ3v) is 5.21. The molecule has 2 heteroatoms. The maximum absolute atomic E-state index is 13.0. The normalized spacial score (nSPS) is 10.5. The largest absolute Gasteiger partial charge is 0.415 e. The Labute approximate surface area is 122 Å². The van der Waals surface area contributed by atoms with Gasteiger partial charge in [-0.25, -0.2) is 0 Å². The summed E-state index contributed by atoms with van der Waals surface area (Å²) in [5.74, 6) is 0. The number of rotatable bonds is 6. The molecular formula is C18H22OP+. The van der Waals surface area contributed by atoms with Crippen molar-refractivity contribution in [2.45, 2.75) is 39.5 Å². The van der Waals surface area contributed by atoms with Crippen molar-refractivity contribution in [3.05, 3.63) is 59.7 Å². The summed E-state index contributed by atoms with van der Waals surface area (Å²) in [6.07, 6.45) is 4.15. The maximum Gasteiger partial charge on any atom is 0.415 e. The summed E-state index contributed by atoms with van der Waals surface area (Å²) in [6.45, 7) is 4.32. The number of hydrogen-bond donors (Lipinski definition) is 0. The molecule has 0 unspecified atom stereocenters. The molecule has 0 aliphatic heterocycles. The SMILES string of the molecule is CCCc1ccccc1[P+](=O)c1ccccc1CCC. The molecule has 0 heterocycles. The van der Waals surface area contributed by atoms with Gasteiger partial charge in [0.15, 0.2) is 10.6 Å². The van der Waals surface area contributed by atoms with E-state index < -0.39 is 7.80 Å². The minimum Gasteiger partial charge on any atom is -0.0651 e. The first kappa shape index (κ1) is 14.9. The number of hydrogen-bond acceptors (Lipinski definition) is 1. The van der Waals surface area contributed by atoms with E-state index in [1.54, 1.807) is 0 Å². The van der Waals surface area contributed by atoms with Crippen LogP contribution >= 0.6 is 7.80 Å². The van der Waals surface area contributed by atoms with E-state index in [9.17, 15) is 4.57 Å². The van der Waals surface area contributed by atoms with Crippen molar-refractivity contribution >= 4 is 18.4 Å². The van der Waals surface area contributed by atoms with Crippen LogP contribution in [0.5, 0.6) is 0 Å². The second-order valence-corrected chi connectivity index (χ2v) is 6.60. The highest BCUT2D eigenvalue weighted by Gasteiger charge is 2.28. The molecule has 0 saturated heterocycles. The zero-order valence-corrected chi connectivity index (χ0v) is 13.2. The first-order valence-corrected chi connectivity index (χ1v) is 8.67. The molecule has 104 valence electrons. The highest BCUT2D eigenvalue weighted by molar-refractivity contribution is 7.61. The Balaban J connectivity index is 2.41. The highest BCUT2D eigenvalue weighted by atomic mass is 31.1. The molecule has 0 spiro atoms. The summed E-state index contributed by atoms with van der Waals surface area (Å²) in [4.78, 5) is 0. The van der Waals surface area contributed by atoms with Crippen LogP contribution in [0.2, 0.25) is 0 Å². The first-order chi connectivity index (χ1) is 9.77. The third kappa shape index (κ3) is 3.35. The molecule has 0 saturated carbocycles. The molecule has 1 nitrogen and oxygen atoms in total. The van der Waals surface area contributed by atoms with Gasteiger partial charge in [-0.3, -0.25) is 0 Å². The molecule has 0 aliphatic carbocycles. The Bertz CT molecular complexity index is 538. The zero-order chi connectivity index (χ0) is 14.4. The lowest BCUT2D eigenvalue weighted by Crippen LogP contribution is -2.14. The topological polar surface area (TPSA) is 17.1 Å². The summed E-state index contributed by atoms with van der Waals surface area (Å²) in [5, 5.41) is 2.01. The molecule has 2 rings (SSSR count). The van der Waals surface area contributed by atoms with E-state index in [1.165, 1.54) is 11.1 Å². The maximum atomic E-state index is 13.0. The molecule has 0 aliphatic rings. The molecule has 0 aromatic heterocycles. The molecule has 2 aromatic rings. The van der Waals surface area contributed by atoms with E-state index in [2.05, 4.69) is 26.0 Å². The predicted octanol–water partition coefficient (Wildman–Crippen LogP) is 4.37. The van der Waals surface area contributed by atoms with Crippen molar-refractivity contribution in [3.63, 3.8) is 0 Å². The Morgan fingerprint density at radius 1 is 0.750 bits per heavy atom. The summed E-state index contributed by atoms with van der Waals surface area (Å²) < 4.78 is 13.0. The molecule has 0 radical (unpaired) electrons. The molecule has 2 aromatic carbocycles. The minimum atomic E-state index is -1.49. The quantitative estimate of drug-likeness (QED) is 0.720. The third-order valence-electron chi connectivity index (χ3n) is 3.46. The number of benzene rings is 2. The summed E-state index contributed by atoms with van der Waals surface area (Å²) in [7, 11) is -1.49. The van der Waals surface area contributed by atoms with Gasteiger partial charge in [-0.15, -0.1) is 0 Å². The van der Waals surface area contributed by atoms with Crippen LogP contribution in [0.4, 0.5) is 0 Å². The van der Waals surface area contributed by atoms with Gasteiger partial charge in [-0.05, 0) is 25.0 Å². The van der Waals surface area contributed by atoms with Gasteiger partial charge in [0.25, 0.3) is 0 Å². The van der Waals surface area contributed by atoms with Crippen LogP contribution in [0.1, 0.15) is 37.8 Å². The number of aryl methyl sites for hydroxylation is 2. The lowest BCUT2D eigenvalue weighted by Gasteiger charge is -2.02. The van der Waals surface area contributed by atoms with E-state index in [-0.39, 0.29) is 0 Å². The predicted molar refractivity (Wildman–Crippen MR) is 87.7 cm³/mol. The molecule has 0 fully saturated rings. The molecular weight excluding hydrogens is 263 g/mol. The van der Waals surface area contributed by atoms with Gasteiger partial charge in [0, 0.05) is 11.1 Å². The average molecular weight is 285 g/mol. The van der Waals surface area contributed by atoms with E-state index in [0.29, 0.717) is 0 Å². The summed E-state index contributed by atoms with van der Waals surface area (Å²) in [5.41, 5.74) is 2.45. The Morgan fingerprint density at radius 3 is 1.55 bits per heavy atom. The fourth-order valence-corrected chi connectivity index (χ4v) is 4.11. The van der Waals surface area contributed by atoms with E-state index in [4.69, 9.17) is 0 Å². The van der Waals surface area contributed by atoms with Crippen LogP contribution in [0.15, 0.2) is 48.5 Å². The fraction of sp³-hybridized carbons (Fsp3) is 0.333. The average Bonchev–Trinajstić information content (AvgIpc) is 2.48. The van der Waals surface area contributed by atoms with Gasteiger partial charge in [0.05, 0.1) is 0 Å². The van der Waals surface area contributed by atoms with Gasteiger partial charge in [-0.2, -0.15) is 0 Å². The van der Waals surface area contributed by atoms with E-state index in [1.807, 2.05) is 36.4 Å². The van der Waals surface area contributed by atoms with E-state index in [0.717, 1.165) is 36.3 Å². The lowest BCUT2D eigenvalue weighted by atomic mass is 10.1. The van der Waals surface area contributed by atoms with Crippen molar-refractivity contribution in [1.82, 2.24) is 0 Å². The fourth-order valence-electron chi connectivity index (χ4n) is 2.51. The Hall–Kier alpha value is -1.46. The van der Waals surface area contributed by atoms with Crippen LogP contribution in [0, 0.1) is 0 Å². The van der Waals surface area contributed by atoms with Gasteiger partial charge >= 0.3 is 7.80 Å². The van der Waals surface area contributed by atoms with Crippen LogP contribution in [-0.4, -0.2) is 0 Å². The van der Waals surface area contributed by atoms with Crippen LogP contribution < -0.4 is 10.6 Å². The molecule has 0 atom stereocenters. The van der Waals surface area contributed by atoms with Gasteiger partial charge < -0.3 is 0 Å². The summed E-state index contributed by atoms with van der Waals surface area (Å²) in [6, 6.07) is 16.3. The highest BCUT2D eigenvalue weighted by Crippen LogP contribution is 2.24. The van der Waals surface area contributed by atoms with Crippen LogP contribution in [0.3, 0.4) is 0 Å². The Morgan fingerprint density at radius 2 is 1.15 bits per heavy atom. The van der Waals surface area contributed by atoms with Crippen molar-refractivity contribution < 1.29 is 4.57 Å². The van der Waals surface area contributed by atoms with Gasteiger partial charge in [-0.1, -0.05) is 67.7 Å². The van der Waals surface area contributed by atoms with Crippen LogP contribution in [0.25, 0.3) is 0 Å². The smallest absolute Gasteiger partial charge is 0.0651 e. The minimum absolute atomic E-state index is 0.993. The van der Waals surface area contributed by atoms with Crippen molar-refractivity contribution in [2.75, 3.05) is 0 Å². The van der Waals surface area contributed by atoms with Gasteiger partial charge in [0.2, 0.25) is 0 Å². The molecule has 20 heavy (non-hydrogen) atoms. The van der Waals surface area contributed by atoms with Crippen molar-refractivity contribution in [3.8, 4) is 0 Å².